The van der Waals surface area contributed by atoms with Gasteiger partial charge in [-0.3, -0.25) is 9.59 Å². The van der Waals surface area contributed by atoms with Crippen LogP contribution in [0.2, 0.25) is 0 Å². The van der Waals surface area contributed by atoms with Crippen molar-refractivity contribution in [1.29, 1.82) is 5.26 Å². The van der Waals surface area contributed by atoms with E-state index >= 15 is 0 Å². The molecule has 1 aliphatic rings. The van der Waals surface area contributed by atoms with E-state index in [1.807, 2.05) is 6.07 Å². The number of carbonyl (C=O) groups excluding carboxylic acids is 1. The minimum Gasteiger partial charge on any atom is -0.497 e. The number of nitrogens with zero attached hydrogens (tertiary/aromatic N) is 2. The summed E-state index contributed by atoms with van der Waals surface area (Å²) in [5.74, 6) is 1.22. The fraction of sp³-hybridized carbons (Fsp3) is 0.429. The van der Waals surface area contributed by atoms with Crippen molar-refractivity contribution in [3.63, 3.8) is 0 Å². The molecule has 2 aromatic rings. The first kappa shape index (κ1) is 20.9. The Balaban J connectivity index is 1.74. The Morgan fingerprint density at radius 1 is 1.34 bits per heavy atom. The fourth-order valence-electron chi connectivity index (χ4n) is 3.50. The Morgan fingerprint density at radius 2 is 2.07 bits per heavy atom. The summed E-state index contributed by atoms with van der Waals surface area (Å²) in [6.07, 6.45) is 4.49. The van der Waals surface area contributed by atoms with Gasteiger partial charge in [0.1, 0.15) is 17.4 Å². The Morgan fingerprint density at radius 3 is 2.72 bits per heavy atom. The van der Waals surface area contributed by atoms with Crippen molar-refractivity contribution in [1.82, 2.24) is 15.3 Å². The standard InChI is InChI=1S/C21H24N4O3S/c1-13-5-3-4-6-17(13)23-18(26)12-29-21-24-19(16(11-22)20(27)25-21)14-7-9-15(28-2)10-8-14/h7-10,13,17H,3-6,12H2,1-2H3,(H,23,26)(H,24,25,27)/t13-,17-/m0/s1. The van der Waals surface area contributed by atoms with Crippen LogP contribution in [0, 0.1) is 17.2 Å². The van der Waals surface area contributed by atoms with Crippen molar-refractivity contribution < 1.29 is 9.53 Å². The Kier molecular flexibility index (Phi) is 6.94. The lowest BCUT2D eigenvalue weighted by Crippen LogP contribution is -2.41. The molecule has 0 bridgehead atoms. The van der Waals surface area contributed by atoms with Gasteiger partial charge in [0.2, 0.25) is 5.91 Å². The smallest absolute Gasteiger partial charge is 0.270 e. The van der Waals surface area contributed by atoms with E-state index in [4.69, 9.17) is 4.74 Å². The molecule has 1 aliphatic carbocycles. The maximum absolute atomic E-state index is 12.3. The number of benzene rings is 1. The summed E-state index contributed by atoms with van der Waals surface area (Å²) in [4.78, 5) is 31.7. The molecule has 29 heavy (non-hydrogen) atoms. The van der Waals surface area contributed by atoms with Gasteiger partial charge in [0.25, 0.3) is 5.56 Å². The second-order valence-corrected chi connectivity index (χ2v) is 8.12. The van der Waals surface area contributed by atoms with Crippen LogP contribution in [0.15, 0.2) is 34.2 Å². The van der Waals surface area contributed by atoms with Crippen molar-refractivity contribution in [2.45, 2.75) is 43.8 Å². The van der Waals surface area contributed by atoms with E-state index in [0.717, 1.165) is 31.0 Å². The second-order valence-electron chi connectivity index (χ2n) is 7.16. The summed E-state index contributed by atoms with van der Waals surface area (Å²) in [5.41, 5.74) is 0.357. The number of rotatable bonds is 6. The average molecular weight is 413 g/mol. The largest absolute Gasteiger partial charge is 0.497 e. The molecule has 3 rings (SSSR count). The molecular formula is C21H24N4O3S. The Bertz CT molecular complexity index is 965. The van der Waals surface area contributed by atoms with Crippen LogP contribution in [-0.2, 0) is 4.79 Å². The first-order chi connectivity index (χ1) is 14.0. The molecule has 0 spiro atoms. The number of methoxy groups -OCH3 is 1. The molecule has 0 unspecified atom stereocenters. The first-order valence-corrected chi connectivity index (χ1v) is 10.6. The van der Waals surface area contributed by atoms with Crippen molar-refractivity contribution >= 4 is 17.7 Å². The highest BCUT2D eigenvalue weighted by Crippen LogP contribution is 2.25. The van der Waals surface area contributed by atoms with Crippen LogP contribution < -0.4 is 15.6 Å². The third-order valence-electron chi connectivity index (χ3n) is 5.17. The summed E-state index contributed by atoms with van der Waals surface area (Å²) in [5, 5.41) is 12.8. The number of aromatic amines is 1. The van der Waals surface area contributed by atoms with E-state index in [0.29, 0.717) is 28.1 Å². The van der Waals surface area contributed by atoms with Crippen LogP contribution in [0.3, 0.4) is 0 Å². The second kappa shape index (κ2) is 9.61. The topological polar surface area (TPSA) is 108 Å². The lowest BCUT2D eigenvalue weighted by molar-refractivity contribution is -0.119. The predicted molar refractivity (Wildman–Crippen MR) is 112 cm³/mol. The van der Waals surface area contributed by atoms with Gasteiger partial charge in [0, 0.05) is 11.6 Å². The van der Waals surface area contributed by atoms with Crippen LogP contribution in [0.4, 0.5) is 0 Å². The zero-order valence-corrected chi connectivity index (χ0v) is 17.3. The van der Waals surface area contributed by atoms with Gasteiger partial charge in [0.05, 0.1) is 18.6 Å². The number of hydrogen-bond donors (Lipinski definition) is 2. The molecule has 1 amide bonds. The normalized spacial score (nSPS) is 18.7. The van der Waals surface area contributed by atoms with Gasteiger partial charge in [-0.15, -0.1) is 0 Å². The SMILES string of the molecule is COc1ccc(-c2nc(SCC(=O)N[C@H]3CCCC[C@@H]3C)[nH]c(=O)c2C#N)cc1. The monoisotopic (exact) mass is 412 g/mol. The average Bonchev–Trinajstić information content (AvgIpc) is 2.73. The number of nitriles is 1. The van der Waals surface area contributed by atoms with Gasteiger partial charge in [-0.2, -0.15) is 5.26 Å². The van der Waals surface area contributed by atoms with Crippen molar-refractivity contribution in [2.24, 2.45) is 5.92 Å². The number of aromatic nitrogens is 2. The van der Waals surface area contributed by atoms with E-state index in [1.54, 1.807) is 31.4 Å². The zero-order chi connectivity index (χ0) is 20.8. The number of hydrogen-bond acceptors (Lipinski definition) is 6. The van der Waals surface area contributed by atoms with E-state index in [9.17, 15) is 14.9 Å². The zero-order valence-electron chi connectivity index (χ0n) is 16.5. The molecule has 7 nitrogen and oxygen atoms in total. The first-order valence-electron chi connectivity index (χ1n) is 9.63. The van der Waals surface area contributed by atoms with Gasteiger partial charge in [-0.1, -0.05) is 31.5 Å². The molecule has 2 N–H and O–H groups in total. The molecule has 1 heterocycles. The number of carbonyl (C=O) groups is 1. The van der Waals surface area contributed by atoms with Gasteiger partial charge in [-0.05, 0) is 43.0 Å². The minimum atomic E-state index is -0.517. The number of thioether (sulfide) groups is 1. The summed E-state index contributed by atoms with van der Waals surface area (Å²) in [7, 11) is 1.56. The molecule has 1 aromatic heterocycles. The third-order valence-corrected chi connectivity index (χ3v) is 6.04. The highest BCUT2D eigenvalue weighted by molar-refractivity contribution is 7.99. The number of amides is 1. The highest BCUT2D eigenvalue weighted by Gasteiger charge is 2.23. The lowest BCUT2D eigenvalue weighted by Gasteiger charge is -2.29. The molecule has 152 valence electrons. The minimum absolute atomic E-state index is 0.0556. The molecular weight excluding hydrogens is 388 g/mol. The fourth-order valence-corrected chi connectivity index (χ4v) is 4.17. The molecule has 0 aliphatic heterocycles. The van der Waals surface area contributed by atoms with E-state index < -0.39 is 5.56 Å². The number of nitrogens with one attached hydrogen (secondary N) is 2. The van der Waals surface area contributed by atoms with E-state index in [2.05, 4.69) is 22.2 Å². The van der Waals surface area contributed by atoms with Gasteiger partial charge in [0.15, 0.2) is 5.16 Å². The van der Waals surface area contributed by atoms with Crippen molar-refractivity contribution in [3.8, 4) is 23.1 Å². The molecule has 1 fully saturated rings. The molecule has 0 radical (unpaired) electrons. The van der Waals surface area contributed by atoms with E-state index in [-0.39, 0.29) is 23.3 Å². The van der Waals surface area contributed by atoms with Gasteiger partial charge >= 0.3 is 0 Å². The summed E-state index contributed by atoms with van der Waals surface area (Å²) in [6.45, 7) is 2.16. The molecule has 1 saturated carbocycles. The van der Waals surface area contributed by atoms with Crippen molar-refractivity contribution in [2.75, 3.05) is 12.9 Å². The summed E-state index contributed by atoms with van der Waals surface area (Å²) < 4.78 is 5.14. The van der Waals surface area contributed by atoms with Crippen LogP contribution >= 0.6 is 11.8 Å². The summed E-state index contributed by atoms with van der Waals surface area (Å²) in [6, 6.07) is 9.09. The van der Waals surface area contributed by atoms with Crippen LogP contribution in [0.25, 0.3) is 11.3 Å². The predicted octanol–water partition coefficient (Wildman–Crippen LogP) is 3.10. The number of ether oxygens (including phenoxy) is 1. The molecule has 2 atom stereocenters. The van der Waals surface area contributed by atoms with Crippen LogP contribution in [-0.4, -0.2) is 34.8 Å². The highest BCUT2D eigenvalue weighted by atomic mass is 32.2. The van der Waals surface area contributed by atoms with E-state index in [1.165, 1.54) is 6.42 Å². The van der Waals surface area contributed by atoms with Crippen molar-refractivity contribution in [3.05, 3.63) is 40.2 Å². The lowest BCUT2D eigenvalue weighted by atomic mass is 9.86. The van der Waals surface area contributed by atoms with Gasteiger partial charge in [-0.25, -0.2) is 4.98 Å². The molecule has 0 saturated heterocycles. The Hall–Kier alpha value is -2.79. The number of H-pyrrole nitrogens is 1. The summed E-state index contributed by atoms with van der Waals surface area (Å²) >= 11 is 1.16. The third kappa shape index (κ3) is 5.18. The maximum Gasteiger partial charge on any atom is 0.270 e. The van der Waals surface area contributed by atoms with Crippen LogP contribution in [0.1, 0.15) is 38.2 Å². The molecule has 1 aromatic carbocycles. The molecule has 8 heteroatoms. The van der Waals surface area contributed by atoms with Crippen LogP contribution in [0.5, 0.6) is 5.75 Å². The quantitative estimate of drug-likeness (QED) is 0.558. The maximum atomic E-state index is 12.3. The Labute approximate surface area is 173 Å². The van der Waals surface area contributed by atoms with Gasteiger partial charge < -0.3 is 15.0 Å².